The minimum Gasteiger partial charge on any atom is -0.460 e. The van der Waals surface area contributed by atoms with E-state index in [4.69, 9.17) is 15.2 Å². The number of hydrogen-bond acceptors (Lipinski definition) is 6. The van der Waals surface area contributed by atoms with E-state index in [0.717, 1.165) is 32.3 Å². The van der Waals surface area contributed by atoms with Crippen molar-refractivity contribution in [3.05, 3.63) is 4.73 Å². The van der Waals surface area contributed by atoms with Crippen LogP contribution in [0.5, 0.6) is 6.01 Å². The standard InChI is InChI=1S/C14H20BrN5O2/c1-3-8(2)22-14-18-11(16)10-12(19-14)20(13(15)17-10)9-6-4-5-7-21-9/h8-9H,3-7H2,1-2H3,(H2,16,18,19)/t8-,9?/m0/s1. The van der Waals surface area contributed by atoms with Gasteiger partial charge in [0.05, 0.1) is 6.10 Å². The summed E-state index contributed by atoms with van der Waals surface area (Å²) in [5.74, 6) is 0.318. The first kappa shape index (κ1) is 15.5. The summed E-state index contributed by atoms with van der Waals surface area (Å²) in [4.78, 5) is 13.1. The summed E-state index contributed by atoms with van der Waals surface area (Å²) in [6.07, 6.45) is 3.95. The van der Waals surface area contributed by atoms with Crippen LogP contribution >= 0.6 is 15.9 Å². The molecule has 3 rings (SSSR count). The van der Waals surface area contributed by atoms with Crippen LogP contribution in [0.4, 0.5) is 5.82 Å². The highest BCUT2D eigenvalue weighted by Gasteiger charge is 2.24. The van der Waals surface area contributed by atoms with Crippen molar-refractivity contribution in [3.63, 3.8) is 0 Å². The van der Waals surface area contributed by atoms with Gasteiger partial charge in [0, 0.05) is 6.61 Å². The van der Waals surface area contributed by atoms with E-state index < -0.39 is 0 Å². The lowest BCUT2D eigenvalue weighted by molar-refractivity contribution is -0.0311. The Morgan fingerprint density at radius 1 is 1.41 bits per heavy atom. The third kappa shape index (κ3) is 2.89. The first-order valence-corrected chi connectivity index (χ1v) is 8.38. The molecule has 22 heavy (non-hydrogen) atoms. The van der Waals surface area contributed by atoms with Crippen LogP contribution < -0.4 is 10.5 Å². The Kier molecular flexibility index (Phi) is 4.49. The molecule has 1 aliphatic heterocycles. The zero-order valence-electron chi connectivity index (χ0n) is 12.8. The van der Waals surface area contributed by atoms with Gasteiger partial charge in [-0.3, -0.25) is 4.57 Å². The molecule has 7 nitrogen and oxygen atoms in total. The Morgan fingerprint density at radius 3 is 2.91 bits per heavy atom. The fourth-order valence-electron chi connectivity index (χ4n) is 2.45. The zero-order chi connectivity index (χ0) is 15.7. The van der Waals surface area contributed by atoms with Crippen LogP contribution in [0.3, 0.4) is 0 Å². The highest BCUT2D eigenvalue weighted by molar-refractivity contribution is 9.10. The molecule has 0 spiro atoms. The molecule has 0 aromatic carbocycles. The zero-order valence-corrected chi connectivity index (χ0v) is 14.3. The number of nitrogen functional groups attached to an aromatic ring is 1. The van der Waals surface area contributed by atoms with E-state index in [-0.39, 0.29) is 18.3 Å². The predicted molar refractivity (Wildman–Crippen MR) is 86.7 cm³/mol. The van der Waals surface area contributed by atoms with E-state index in [1.54, 1.807) is 0 Å². The number of rotatable bonds is 4. The minimum absolute atomic E-state index is 0.0302. The van der Waals surface area contributed by atoms with Crippen LogP contribution in [-0.2, 0) is 4.74 Å². The summed E-state index contributed by atoms with van der Waals surface area (Å²) >= 11 is 3.48. The molecule has 0 radical (unpaired) electrons. The van der Waals surface area contributed by atoms with Crippen molar-refractivity contribution in [1.82, 2.24) is 19.5 Å². The van der Waals surface area contributed by atoms with E-state index in [1.165, 1.54) is 0 Å². The van der Waals surface area contributed by atoms with Crippen molar-refractivity contribution < 1.29 is 9.47 Å². The molecular formula is C14H20BrN5O2. The molecule has 2 N–H and O–H groups in total. The lowest BCUT2D eigenvalue weighted by Crippen LogP contribution is -2.19. The number of hydrogen-bond donors (Lipinski definition) is 1. The Morgan fingerprint density at radius 2 is 2.23 bits per heavy atom. The molecule has 1 saturated heterocycles. The first-order valence-electron chi connectivity index (χ1n) is 7.59. The maximum atomic E-state index is 6.02. The molecule has 120 valence electrons. The second-order valence-electron chi connectivity index (χ2n) is 5.47. The summed E-state index contributed by atoms with van der Waals surface area (Å²) in [6.45, 7) is 4.76. The van der Waals surface area contributed by atoms with E-state index in [2.05, 4.69) is 30.9 Å². The highest BCUT2D eigenvalue weighted by atomic mass is 79.9. The average Bonchev–Trinajstić information content (AvgIpc) is 2.85. The summed E-state index contributed by atoms with van der Waals surface area (Å²) < 4.78 is 14.1. The molecule has 2 atom stereocenters. The molecule has 0 amide bonds. The molecule has 2 aromatic rings. The fraction of sp³-hybridized carbons (Fsp3) is 0.643. The summed E-state index contributed by atoms with van der Waals surface area (Å²) in [6, 6.07) is 0.281. The Labute approximate surface area is 137 Å². The summed E-state index contributed by atoms with van der Waals surface area (Å²) in [5.41, 5.74) is 7.23. The van der Waals surface area contributed by atoms with Crippen molar-refractivity contribution in [1.29, 1.82) is 0 Å². The molecule has 8 heteroatoms. The Hall–Kier alpha value is -1.41. The van der Waals surface area contributed by atoms with Crippen molar-refractivity contribution in [2.75, 3.05) is 12.3 Å². The van der Waals surface area contributed by atoms with Gasteiger partial charge in [-0.1, -0.05) is 6.92 Å². The maximum Gasteiger partial charge on any atom is 0.320 e. The van der Waals surface area contributed by atoms with Gasteiger partial charge in [0.2, 0.25) is 0 Å². The minimum atomic E-state index is -0.0844. The lowest BCUT2D eigenvalue weighted by Gasteiger charge is -2.24. The first-order chi connectivity index (χ1) is 10.6. The van der Waals surface area contributed by atoms with E-state index in [0.29, 0.717) is 21.7 Å². The van der Waals surface area contributed by atoms with Gasteiger partial charge in [-0.2, -0.15) is 9.97 Å². The molecule has 2 aromatic heterocycles. The fourth-order valence-corrected chi connectivity index (χ4v) is 3.02. The maximum absolute atomic E-state index is 6.02. The average molecular weight is 370 g/mol. The van der Waals surface area contributed by atoms with E-state index in [9.17, 15) is 0 Å². The topological polar surface area (TPSA) is 88.1 Å². The second kappa shape index (κ2) is 6.37. The molecular weight excluding hydrogens is 350 g/mol. The van der Waals surface area contributed by atoms with Gasteiger partial charge in [-0.25, -0.2) is 4.98 Å². The van der Waals surface area contributed by atoms with Gasteiger partial charge in [0.1, 0.15) is 6.23 Å². The Balaban J connectivity index is 2.05. The number of imidazole rings is 1. The third-order valence-corrected chi connectivity index (χ3v) is 4.39. The molecule has 0 aliphatic carbocycles. The SMILES string of the molecule is CC[C@H](C)Oc1nc(N)c2nc(Br)n(C3CCCCO3)c2n1. The van der Waals surface area contributed by atoms with Gasteiger partial charge >= 0.3 is 6.01 Å². The van der Waals surface area contributed by atoms with E-state index in [1.807, 2.05) is 18.4 Å². The highest BCUT2D eigenvalue weighted by Crippen LogP contribution is 2.32. The molecule has 1 aliphatic rings. The second-order valence-corrected chi connectivity index (χ2v) is 6.18. The number of fused-ring (bicyclic) bond motifs is 1. The molecule has 1 unspecified atom stereocenters. The van der Waals surface area contributed by atoms with E-state index >= 15 is 0 Å². The number of nitrogens with two attached hydrogens (primary N) is 1. The summed E-state index contributed by atoms with van der Waals surface area (Å²) in [7, 11) is 0. The van der Waals surface area contributed by atoms with Crippen LogP contribution in [-0.4, -0.2) is 32.2 Å². The van der Waals surface area contributed by atoms with Crippen molar-refractivity contribution in [2.45, 2.75) is 51.9 Å². The number of nitrogens with zero attached hydrogens (tertiary/aromatic N) is 4. The molecule has 3 heterocycles. The number of aromatic nitrogens is 4. The largest absolute Gasteiger partial charge is 0.460 e. The van der Waals surface area contributed by atoms with Crippen LogP contribution in [0.15, 0.2) is 4.73 Å². The lowest BCUT2D eigenvalue weighted by atomic mass is 10.2. The molecule has 0 saturated carbocycles. The Bertz CT molecular complexity index is 669. The smallest absolute Gasteiger partial charge is 0.320 e. The number of halogens is 1. The van der Waals surface area contributed by atoms with Crippen molar-refractivity contribution >= 4 is 32.9 Å². The molecule has 0 bridgehead atoms. The molecule has 1 fully saturated rings. The third-order valence-electron chi connectivity index (χ3n) is 3.83. The van der Waals surface area contributed by atoms with Crippen molar-refractivity contribution in [2.24, 2.45) is 0 Å². The van der Waals surface area contributed by atoms with Gasteiger partial charge in [0.25, 0.3) is 0 Å². The summed E-state index contributed by atoms with van der Waals surface area (Å²) in [5, 5.41) is 0. The van der Waals surface area contributed by atoms with Gasteiger partial charge in [-0.05, 0) is 48.5 Å². The van der Waals surface area contributed by atoms with Crippen LogP contribution in [0.1, 0.15) is 45.8 Å². The van der Waals surface area contributed by atoms with Gasteiger partial charge in [-0.15, -0.1) is 0 Å². The van der Waals surface area contributed by atoms with Gasteiger partial charge < -0.3 is 15.2 Å². The quantitative estimate of drug-likeness (QED) is 0.833. The number of anilines is 1. The predicted octanol–water partition coefficient (Wildman–Crippen LogP) is 3.05. The number of ether oxygens (including phenoxy) is 2. The monoisotopic (exact) mass is 369 g/mol. The normalized spacial score (nSPS) is 20.2. The van der Waals surface area contributed by atoms with Crippen molar-refractivity contribution in [3.8, 4) is 6.01 Å². The van der Waals surface area contributed by atoms with Crippen LogP contribution in [0.2, 0.25) is 0 Å². The van der Waals surface area contributed by atoms with Crippen LogP contribution in [0, 0.1) is 0 Å². The van der Waals surface area contributed by atoms with Crippen LogP contribution in [0.25, 0.3) is 11.2 Å². The van der Waals surface area contributed by atoms with Gasteiger partial charge in [0.15, 0.2) is 21.7 Å².